The van der Waals surface area contributed by atoms with Crippen LogP contribution in [0.5, 0.6) is 0 Å². The lowest BCUT2D eigenvalue weighted by atomic mass is 9.91. The van der Waals surface area contributed by atoms with Crippen LogP contribution in [0, 0.1) is 0 Å². The molecule has 0 radical (unpaired) electrons. The molecule has 1 N–H and O–H groups in total. The Labute approximate surface area is 137 Å². The summed E-state index contributed by atoms with van der Waals surface area (Å²) in [7, 11) is 0. The second-order valence-corrected chi connectivity index (χ2v) is 5.24. The normalized spacial score (nSPS) is 14.0. The number of ether oxygens (including phenoxy) is 1. The number of para-hydroxylation sites is 1. The summed E-state index contributed by atoms with van der Waals surface area (Å²) in [6, 6.07) is 7.02. The van der Waals surface area contributed by atoms with Gasteiger partial charge in [-0.05, 0) is 13.0 Å². The van der Waals surface area contributed by atoms with E-state index in [1.54, 1.807) is 41.8 Å². The average Bonchev–Trinajstić information content (AvgIpc) is 2.89. The molecule has 0 bridgehead atoms. The number of carbonyl (C=O) groups is 3. The Morgan fingerprint density at radius 1 is 1.29 bits per heavy atom. The standard InChI is InChI=1S/C18H15NO5/c1-3-9-19-11-8-6-5-7-10(11)12-14(19)17(22)16(21)13(15(12)20)18(23)24-4-2/h3,5-8,20H,1,4,9H2,2H3. The summed E-state index contributed by atoms with van der Waals surface area (Å²) in [4.78, 5) is 36.9. The lowest BCUT2D eigenvalue weighted by molar-refractivity contribution is -0.139. The molecule has 1 heterocycles. The number of nitrogens with zero attached hydrogens (tertiary/aromatic N) is 1. The first-order valence-electron chi connectivity index (χ1n) is 7.44. The second kappa shape index (κ2) is 5.81. The molecular weight excluding hydrogens is 310 g/mol. The van der Waals surface area contributed by atoms with Crippen molar-refractivity contribution in [1.29, 1.82) is 0 Å². The van der Waals surface area contributed by atoms with E-state index in [9.17, 15) is 19.5 Å². The van der Waals surface area contributed by atoms with Crippen LogP contribution in [-0.4, -0.2) is 33.8 Å². The summed E-state index contributed by atoms with van der Waals surface area (Å²) in [5.74, 6) is -3.43. The molecule has 0 amide bonds. The third-order valence-corrected chi connectivity index (χ3v) is 3.88. The quantitative estimate of drug-likeness (QED) is 0.404. The van der Waals surface area contributed by atoms with Gasteiger partial charge in [0.25, 0.3) is 5.78 Å². The summed E-state index contributed by atoms with van der Waals surface area (Å²) in [5.41, 5.74) is 0.294. The number of rotatable bonds is 4. The SMILES string of the molecule is C=CCn1c2c(c3ccccc31)C(O)=C(C(=O)OCC)C(=O)C2=O. The molecule has 0 saturated carbocycles. The van der Waals surface area contributed by atoms with Crippen molar-refractivity contribution in [1.82, 2.24) is 4.57 Å². The van der Waals surface area contributed by atoms with Gasteiger partial charge in [0.2, 0.25) is 5.78 Å². The molecule has 1 aromatic carbocycles. The fourth-order valence-corrected chi connectivity index (χ4v) is 2.94. The Morgan fingerprint density at radius 3 is 2.67 bits per heavy atom. The van der Waals surface area contributed by atoms with Gasteiger partial charge < -0.3 is 14.4 Å². The predicted octanol–water partition coefficient (Wildman–Crippen LogP) is 2.42. The third kappa shape index (κ3) is 2.07. The van der Waals surface area contributed by atoms with Crippen LogP contribution in [0.25, 0.3) is 16.7 Å². The number of fused-ring (bicyclic) bond motifs is 3. The summed E-state index contributed by atoms with van der Waals surface area (Å²) in [6.07, 6.45) is 1.59. The van der Waals surface area contributed by atoms with Crippen LogP contribution >= 0.6 is 0 Å². The third-order valence-electron chi connectivity index (χ3n) is 3.88. The molecule has 2 aromatic rings. The molecule has 3 rings (SSSR count). The van der Waals surface area contributed by atoms with E-state index in [1.165, 1.54) is 0 Å². The Bertz CT molecular complexity index is 932. The monoisotopic (exact) mass is 325 g/mol. The van der Waals surface area contributed by atoms with Gasteiger partial charge in [-0.3, -0.25) is 9.59 Å². The Balaban J connectivity index is 2.40. The number of aromatic nitrogens is 1. The van der Waals surface area contributed by atoms with Gasteiger partial charge in [0.15, 0.2) is 5.57 Å². The van der Waals surface area contributed by atoms with Crippen molar-refractivity contribution >= 4 is 34.2 Å². The number of hydrogen-bond donors (Lipinski definition) is 1. The highest BCUT2D eigenvalue weighted by molar-refractivity contribution is 6.57. The minimum atomic E-state index is -1.06. The van der Waals surface area contributed by atoms with E-state index in [0.29, 0.717) is 10.9 Å². The number of Topliss-reactive ketones (excluding diaryl/α,β-unsaturated/α-hetero) is 2. The van der Waals surface area contributed by atoms with E-state index in [1.807, 2.05) is 0 Å². The number of allylic oxidation sites excluding steroid dienone is 1. The van der Waals surface area contributed by atoms with E-state index >= 15 is 0 Å². The van der Waals surface area contributed by atoms with Crippen molar-refractivity contribution in [3.63, 3.8) is 0 Å². The van der Waals surface area contributed by atoms with Gasteiger partial charge in [-0.25, -0.2) is 4.79 Å². The number of hydrogen-bond acceptors (Lipinski definition) is 5. The number of aliphatic hydroxyl groups is 1. The van der Waals surface area contributed by atoms with Crippen LogP contribution in [0.2, 0.25) is 0 Å². The molecule has 6 nitrogen and oxygen atoms in total. The molecule has 1 aromatic heterocycles. The molecule has 0 saturated heterocycles. The molecule has 0 atom stereocenters. The maximum Gasteiger partial charge on any atom is 0.346 e. The minimum absolute atomic E-state index is 0.0299. The highest BCUT2D eigenvalue weighted by Gasteiger charge is 2.41. The highest BCUT2D eigenvalue weighted by Crippen LogP contribution is 2.36. The van der Waals surface area contributed by atoms with E-state index in [0.717, 1.165) is 0 Å². The maximum absolute atomic E-state index is 12.6. The second-order valence-electron chi connectivity index (χ2n) is 5.24. The van der Waals surface area contributed by atoms with E-state index in [2.05, 4.69) is 6.58 Å². The lowest BCUT2D eigenvalue weighted by Gasteiger charge is -2.16. The number of esters is 1. The molecule has 0 spiro atoms. The average molecular weight is 325 g/mol. The zero-order valence-corrected chi connectivity index (χ0v) is 13.0. The van der Waals surface area contributed by atoms with E-state index in [4.69, 9.17) is 4.74 Å². The van der Waals surface area contributed by atoms with Gasteiger partial charge >= 0.3 is 5.97 Å². The topological polar surface area (TPSA) is 85.6 Å². The van der Waals surface area contributed by atoms with Gasteiger partial charge in [-0.15, -0.1) is 6.58 Å². The summed E-state index contributed by atoms with van der Waals surface area (Å²) >= 11 is 0. The van der Waals surface area contributed by atoms with Crippen LogP contribution in [-0.2, 0) is 20.9 Å². The summed E-state index contributed by atoms with van der Waals surface area (Å²) < 4.78 is 6.41. The largest absolute Gasteiger partial charge is 0.506 e. The fraction of sp³-hybridized carbons (Fsp3) is 0.167. The van der Waals surface area contributed by atoms with Crippen molar-refractivity contribution in [3.8, 4) is 0 Å². The number of aliphatic hydroxyl groups excluding tert-OH is 1. The van der Waals surface area contributed by atoms with Crippen LogP contribution in [0.3, 0.4) is 0 Å². The first kappa shape index (κ1) is 15.7. The lowest BCUT2D eigenvalue weighted by Crippen LogP contribution is -2.30. The van der Waals surface area contributed by atoms with Gasteiger partial charge in [-0.1, -0.05) is 24.3 Å². The van der Waals surface area contributed by atoms with Crippen molar-refractivity contribution < 1.29 is 24.2 Å². The van der Waals surface area contributed by atoms with Gasteiger partial charge in [-0.2, -0.15) is 0 Å². The van der Waals surface area contributed by atoms with E-state index < -0.39 is 28.9 Å². The first-order valence-corrected chi connectivity index (χ1v) is 7.44. The zero-order valence-electron chi connectivity index (χ0n) is 13.0. The predicted molar refractivity (Wildman–Crippen MR) is 87.7 cm³/mol. The summed E-state index contributed by atoms with van der Waals surface area (Å²) in [6.45, 7) is 5.55. The Hall–Kier alpha value is -3.15. The molecule has 122 valence electrons. The molecule has 24 heavy (non-hydrogen) atoms. The van der Waals surface area contributed by atoms with Crippen LogP contribution < -0.4 is 0 Å². The molecular formula is C18H15NO5. The van der Waals surface area contributed by atoms with Gasteiger partial charge in [0.05, 0.1) is 12.2 Å². The Morgan fingerprint density at radius 2 is 2.00 bits per heavy atom. The molecule has 0 unspecified atom stereocenters. The van der Waals surface area contributed by atoms with Crippen LogP contribution in [0.15, 0.2) is 42.5 Å². The fourth-order valence-electron chi connectivity index (χ4n) is 2.94. The highest BCUT2D eigenvalue weighted by atomic mass is 16.5. The maximum atomic E-state index is 12.6. The molecule has 1 aliphatic rings. The van der Waals surface area contributed by atoms with Gasteiger partial charge in [0, 0.05) is 17.4 Å². The van der Waals surface area contributed by atoms with Crippen LogP contribution in [0.4, 0.5) is 0 Å². The van der Waals surface area contributed by atoms with Crippen molar-refractivity contribution in [2.45, 2.75) is 13.5 Å². The van der Waals surface area contributed by atoms with Crippen molar-refractivity contribution in [2.24, 2.45) is 0 Å². The first-order chi connectivity index (χ1) is 11.5. The molecule has 1 aliphatic carbocycles. The zero-order chi connectivity index (χ0) is 17.4. The van der Waals surface area contributed by atoms with Crippen molar-refractivity contribution in [3.05, 3.63) is 53.8 Å². The summed E-state index contributed by atoms with van der Waals surface area (Å²) in [5, 5.41) is 11.1. The molecule has 0 aliphatic heterocycles. The smallest absolute Gasteiger partial charge is 0.346 e. The minimum Gasteiger partial charge on any atom is -0.506 e. The van der Waals surface area contributed by atoms with E-state index in [-0.39, 0.29) is 24.4 Å². The van der Waals surface area contributed by atoms with Gasteiger partial charge in [0.1, 0.15) is 11.5 Å². The number of ketones is 2. The van der Waals surface area contributed by atoms with Crippen LogP contribution in [0.1, 0.15) is 23.0 Å². The molecule has 0 fully saturated rings. The Kier molecular flexibility index (Phi) is 3.81. The molecule has 6 heteroatoms. The van der Waals surface area contributed by atoms with Crippen molar-refractivity contribution in [2.75, 3.05) is 6.61 Å². The number of benzene rings is 1. The number of carbonyl (C=O) groups excluding carboxylic acids is 3.